The van der Waals surface area contributed by atoms with Gasteiger partial charge >= 0.3 is 0 Å². The van der Waals surface area contributed by atoms with Gasteiger partial charge in [-0.1, -0.05) is 91.0 Å². The van der Waals surface area contributed by atoms with Crippen LogP contribution in [0.3, 0.4) is 0 Å². The molecule has 2 aliphatic heterocycles. The molecule has 0 radical (unpaired) electrons. The van der Waals surface area contributed by atoms with Gasteiger partial charge in [0.25, 0.3) is 0 Å². The van der Waals surface area contributed by atoms with Crippen molar-refractivity contribution in [2.45, 2.75) is 6.04 Å². The maximum atomic E-state index is 4.34. The van der Waals surface area contributed by atoms with E-state index in [1.54, 1.807) is 0 Å². The van der Waals surface area contributed by atoms with Gasteiger partial charge in [0.2, 0.25) is 17.1 Å². The minimum atomic E-state index is 0.0742. The predicted molar refractivity (Wildman–Crippen MR) is 186 cm³/mol. The van der Waals surface area contributed by atoms with Gasteiger partial charge in [-0.15, -0.1) is 0 Å². The summed E-state index contributed by atoms with van der Waals surface area (Å²) in [5.41, 5.74) is 14.6. The fourth-order valence-electron chi connectivity index (χ4n) is 7.67. The van der Waals surface area contributed by atoms with Crippen LogP contribution in [0.1, 0.15) is 5.56 Å². The lowest BCUT2D eigenvalue weighted by molar-refractivity contribution is 0.931. The Morgan fingerprint density at radius 1 is 0.667 bits per heavy atom. The van der Waals surface area contributed by atoms with Crippen LogP contribution in [0.4, 0.5) is 22.7 Å². The fourth-order valence-corrected chi connectivity index (χ4v) is 7.67. The molecular weight excluding hydrogens is 548 g/mol. The molecule has 0 amide bonds. The number of pyridine rings is 1. The Kier molecular flexibility index (Phi) is 5.02. The Bertz CT molecular complexity index is 2410. The number of anilines is 2. The SMILES string of the molecule is C1=CC2=[N+](c3ccccc3)c3ccccc3N3c4c(ccc5c6ccccc6n(-c6ccc(-c7cccnc7)cc6)c45)C(=C1)C23. The highest BCUT2D eigenvalue weighted by Gasteiger charge is 2.49. The van der Waals surface area contributed by atoms with Crippen LogP contribution in [0.2, 0.25) is 0 Å². The van der Waals surface area contributed by atoms with Crippen LogP contribution in [-0.2, 0) is 0 Å². The number of aromatic nitrogens is 2. The number of rotatable bonds is 3. The Morgan fingerprint density at radius 3 is 2.36 bits per heavy atom. The van der Waals surface area contributed by atoms with E-state index in [1.165, 1.54) is 61.4 Å². The zero-order valence-corrected chi connectivity index (χ0v) is 24.4. The zero-order chi connectivity index (χ0) is 29.5. The molecule has 4 heterocycles. The third-order valence-electron chi connectivity index (χ3n) is 9.51. The van der Waals surface area contributed by atoms with Crippen molar-refractivity contribution in [3.8, 4) is 16.8 Å². The van der Waals surface area contributed by atoms with E-state index >= 15 is 0 Å². The Balaban J connectivity index is 1.28. The second-order valence-electron chi connectivity index (χ2n) is 11.8. The van der Waals surface area contributed by atoms with Gasteiger partial charge in [-0.25, -0.2) is 0 Å². The summed E-state index contributed by atoms with van der Waals surface area (Å²) in [5, 5.41) is 2.52. The van der Waals surface area contributed by atoms with Crippen molar-refractivity contribution in [3.05, 3.63) is 164 Å². The van der Waals surface area contributed by atoms with Crippen LogP contribution in [0.15, 0.2) is 158 Å². The van der Waals surface area contributed by atoms with E-state index in [4.69, 9.17) is 0 Å². The van der Waals surface area contributed by atoms with E-state index < -0.39 is 0 Å². The quantitative estimate of drug-likeness (QED) is 0.196. The van der Waals surface area contributed by atoms with Crippen molar-refractivity contribution < 1.29 is 0 Å². The first kappa shape index (κ1) is 24.4. The number of benzene rings is 5. The van der Waals surface area contributed by atoms with Crippen LogP contribution < -0.4 is 9.48 Å². The fraction of sp³-hybridized carbons (Fsp3) is 0.0244. The third kappa shape index (κ3) is 3.36. The summed E-state index contributed by atoms with van der Waals surface area (Å²) in [6, 6.07) is 46.2. The highest BCUT2D eigenvalue weighted by Crippen LogP contribution is 2.55. The molecule has 1 aliphatic carbocycles. The van der Waals surface area contributed by atoms with E-state index in [9.17, 15) is 0 Å². The predicted octanol–water partition coefficient (Wildman–Crippen LogP) is 9.61. The van der Waals surface area contributed by atoms with Gasteiger partial charge in [0.15, 0.2) is 0 Å². The minimum Gasteiger partial charge on any atom is -0.316 e. The summed E-state index contributed by atoms with van der Waals surface area (Å²) in [6.45, 7) is 0. The van der Waals surface area contributed by atoms with E-state index in [0.717, 1.165) is 16.8 Å². The van der Waals surface area contributed by atoms with Gasteiger partial charge in [0, 0.05) is 58.7 Å². The molecule has 4 heteroatoms. The Morgan fingerprint density at radius 2 is 1.49 bits per heavy atom. The summed E-state index contributed by atoms with van der Waals surface area (Å²) in [6.07, 6.45) is 10.6. The molecule has 4 nitrogen and oxygen atoms in total. The van der Waals surface area contributed by atoms with Gasteiger partial charge in [-0.3, -0.25) is 4.98 Å². The molecule has 10 rings (SSSR count). The molecule has 45 heavy (non-hydrogen) atoms. The molecule has 1 atom stereocenters. The summed E-state index contributed by atoms with van der Waals surface area (Å²) in [5.74, 6) is 0. The van der Waals surface area contributed by atoms with E-state index in [0.29, 0.717) is 0 Å². The first-order valence-corrected chi connectivity index (χ1v) is 15.4. The molecule has 0 N–H and O–H groups in total. The van der Waals surface area contributed by atoms with Crippen LogP contribution in [0.5, 0.6) is 0 Å². The number of para-hydroxylation sites is 4. The topological polar surface area (TPSA) is 24.1 Å². The number of hydrogen-bond donors (Lipinski definition) is 0. The molecule has 0 saturated carbocycles. The second-order valence-corrected chi connectivity index (χ2v) is 11.8. The minimum absolute atomic E-state index is 0.0742. The first-order valence-electron chi connectivity index (χ1n) is 15.4. The number of allylic oxidation sites excluding steroid dienone is 2. The van der Waals surface area contributed by atoms with E-state index in [2.05, 4.69) is 159 Å². The van der Waals surface area contributed by atoms with Crippen molar-refractivity contribution in [2.24, 2.45) is 0 Å². The lowest BCUT2D eigenvalue weighted by Gasteiger charge is -2.33. The van der Waals surface area contributed by atoms with Crippen molar-refractivity contribution in [3.63, 3.8) is 0 Å². The summed E-state index contributed by atoms with van der Waals surface area (Å²) >= 11 is 0. The lowest BCUT2D eigenvalue weighted by Crippen LogP contribution is -2.43. The molecule has 5 aromatic carbocycles. The summed E-state index contributed by atoms with van der Waals surface area (Å²) in [7, 11) is 0. The molecule has 210 valence electrons. The highest BCUT2D eigenvalue weighted by molar-refractivity contribution is 6.25. The van der Waals surface area contributed by atoms with Crippen molar-refractivity contribution in [2.75, 3.05) is 4.90 Å². The van der Waals surface area contributed by atoms with Crippen LogP contribution in [0, 0.1) is 0 Å². The molecule has 2 aromatic heterocycles. The maximum Gasteiger partial charge on any atom is 0.235 e. The van der Waals surface area contributed by atoms with Gasteiger partial charge in [0.05, 0.1) is 16.7 Å². The molecule has 1 unspecified atom stereocenters. The second kappa shape index (κ2) is 9.25. The van der Waals surface area contributed by atoms with Crippen molar-refractivity contribution in [1.82, 2.24) is 14.1 Å². The molecule has 0 saturated heterocycles. The van der Waals surface area contributed by atoms with E-state index in [1.807, 2.05) is 18.5 Å². The standard InChI is InChI=1S/C41H27N4/c1-2-11-29(12-3-1)43-36-16-6-7-17-37(36)45-39-32(14-8-18-38(39)43)34-24-23-33-31-13-4-5-15-35(31)44(40(33)41(34)45)30-21-19-27(20-22-30)28-10-9-25-42-26-28/h1-26,39H/q+1. The zero-order valence-electron chi connectivity index (χ0n) is 24.4. The van der Waals surface area contributed by atoms with Crippen LogP contribution >= 0.6 is 0 Å². The number of fused-ring (bicyclic) bond motifs is 9. The van der Waals surface area contributed by atoms with Gasteiger partial charge in [0.1, 0.15) is 11.7 Å². The van der Waals surface area contributed by atoms with Gasteiger partial charge in [-0.2, -0.15) is 4.58 Å². The molecular formula is C41H27N4+. The molecule has 0 spiro atoms. The third-order valence-corrected chi connectivity index (χ3v) is 9.51. The highest BCUT2D eigenvalue weighted by atomic mass is 15.3. The largest absolute Gasteiger partial charge is 0.316 e. The number of hydrogen-bond acceptors (Lipinski definition) is 2. The van der Waals surface area contributed by atoms with Crippen LogP contribution in [0.25, 0.3) is 44.2 Å². The lowest BCUT2D eigenvalue weighted by atomic mass is 9.92. The summed E-state index contributed by atoms with van der Waals surface area (Å²) < 4.78 is 4.91. The maximum absolute atomic E-state index is 4.34. The Labute approximate surface area is 260 Å². The number of nitrogens with zero attached hydrogens (tertiary/aromatic N) is 4. The average molecular weight is 576 g/mol. The van der Waals surface area contributed by atoms with Crippen molar-refractivity contribution in [1.29, 1.82) is 0 Å². The molecule has 7 aromatic rings. The molecule has 3 aliphatic rings. The monoisotopic (exact) mass is 575 g/mol. The van der Waals surface area contributed by atoms with Crippen LogP contribution in [-0.4, -0.2) is 21.3 Å². The van der Waals surface area contributed by atoms with Crippen molar-refractivity contribution >= 4 is 55.8 Å². The van der Waals surface area contributed by atoms with Gasteiger partial charge in [-0.05, 0) is 47.0 Å². The summed E-state index contributed by atoms with van der Waals surface area (Å²) in [4.78, 5) is 6.93. The van der Waals surface area contributed by atoms with Gasteiger partial charge < -0.3 is 9.47 Å². The average Bonchev–Trinajstić information content (AvgIpc) is 3.64. The smallest absolute Gasteiger partial charge is 0.235 e. The normalized spacial score (nSPS) is 16.1. The van der Waals surface area contributed by atoms with E-state index in [-0.39, 0.29) is 6.04 Å². The molecule has 0 fully saturated rings. The Hall–Kier alpha value is -6.00. The first-order chi connectivity index (χ1) is 22.4. The molecule has 0 bridgehead atoms.